The standard InChI is InChI=1S/C13H24N4O/c1-5-17(6-2)8-7-14-13(18)12-9-11(10(3)4)15-16-12/h9-10H,5-8H2,1-4H3,(H,14,18)(H,15,16). The number of carbonyl (C=O) groups excluding carboxylic acids is 1. The monoisotopic (exact) mass is 252 g/mol. The lowest BCUT2D eigenvalue weighted by Crippen LogP contribution is -2.34. The molecule has 2 N–H and O–H groups in total. The Morgan fingerprint density at radius 3 is 2.61 bits per heavy atom. The number of nitrogens with zero attached hydrogens (tertiary/aromatic N) is 2. The van der Waals surface area contributed by atoms with Crippen LogP contribution in [-0.2, 0) is 0 Å². The van der Waals surface area contributed by atoms with Gasteiger partial charge in [-0.3, -0.25) is 9.89 Å². The first-order chi connectivity index (χ1) is 8.58. The lowest BCUT2D eigenvalue weighted by Gasteiger charge is -2.17. The number of amides is 1. The van der Waals surface area contributed by atoms with E-state index in [2.05, 4.69) is 48.1 Å². The molecule has 0 saturated heterocycles. The molecule has 1 aromatic heterocycles. The van der Waals surface area contributed by atoms with Crippen LogP contribution in [0, 0.1) is 0 Å². The molecule has 0 aromatic carbocycles. The van der Waals surface area contributed by atoms with E-state index in [1.165, 1.54) is 0 Å². The fourth-order valence-corrected chi connectivity index (χ4v) is 1.71. The zero-order chi connectivity index (χ0) is 13.5. The van der Waals surface area contributed by atoms with Crippen molar-refractivity contribution in [3.63, 3.8) is 0 Å². The quantitative estimate of drug-likeness (QED) is 0.775. The van der Waals surface area contributed by atoms with Crippen molar-refractivity contribution in [1.29, 1.82) is 0 Å². The van der Waals surface area contributed by atoms with Gasteiger partial charge in [0.1, 0.15) is 5.69 Å². The SMILES string of the molecule is CCN(CC)CCNC(=O)c1cc(C(C)C)[nH]n1. The van der Waals surface area contributed by atoms with Gasteiger partial charge in [0, 0.05) is 18.8 Å². The van der Waals surface area contributed by atoms with Crippen molar-refractivity contribution in [2.45, 2.75) is 33.6 Å². The minimum absolute atomic E-state index is 0.106. The fraction of sp³-hybridized carbons (Fsp3) is 0.692. The lowest BCUT2D eigenvalue weighted by atomic mass is 10.1. The van der Waals surface area contributed by atoms with Gasteiger partial charge >= 0.3 is 0 Å². The maximum atomic E-state index is 11.8. The van der Waals surface area contributed by atoms with E-state index in [-0.39, 0.29) is 5.91 Å². The second-order valence-electron chi connectivity index (χ2n) is 4.65. The number of likely N-dealkylation sites (N-methyl/N-ethyl adjacent to an activating group) is 1. The van der Waals surface area contributed by atoms with E-state index >= 15 is 0 Å². The molecule has 1 rings (SSSR count). The number of aromatic amines is 1. The van der Waals surface area contributed by atoms with Crippen LogP contribution >= 0.6 is 0 Å². The van der Waals surface area contributed by atoms with Crippen LogP contribution in [0.3, 0.4) is 0 Å². The minimum Gasteiger partial charge on any atom is -0.349 e. The van der Waals surface area contributed by atoms with Crippen LogP contribution in [0.4, 0.5) is 0 Å². The number of H-pyrrole nitrogens is 1. The van der Waals surface area contributed by atoms with Crippen LogP contribution in [0.15, 0.2) is 6.07 Å². The summed E-state index contributed by atoms with van der Waals surface area (Å²) in [6, 6.07) is 1.82. The molecule has 102 valence electrons. The lowest BCUT2D eigenvalue weighted by molar-refractivity contribution is 0.0944. The van der Waals surface area contributed by atoms with Crippen LogP contribution < -0.4 is 5.32 Å². The van der Waals surface area contributed by atoms with Gasteiger partial charge in [0.2, 0.25) is 0 Å². The predicted molar refractivity (Wildman–Crippen MR) is 72.8 cm³/mol. The molecule has 0 unspecified atom stereocenters. The normalized spacial score (nSPS) is 11.2. The molecule has 18 heavy (non-hydrogen) atoms. The van der Waals surface area contributed by atoms with E-state index in [0.717, 1.165) is 25.3 Å². The highest BCUT2D eigenvalue weighted by Crippen LogP contribution is 2.11. The Kier molecular flexibility index (Phi) is 5.85. The summed E-state index contributed by atoms with van der Waals surface area (Å²) < 4.78 is 0. The number of hydrogen-bond donors (Lipinski definition) is 2. The Bertz CT molecular complexity index is 369. The molecule has 0 aliphatic heterocycles. The van der Waals surface area contributed by atoms with Gasteiger partial charge in [-0.2, -0.15) is 5.10 Å². The maximum absolute atomic E-state index is 11.8. The second kappa shape index (κ2) is 7.16. The van der Waals surface area contributed by atoms with Gasteiger partial charge in [0.15, 0.2) is 0 Å². The number of aromatic nitrogens is 2. The first kappa shape index (κ1) is 14.7. The first-order valence-electron chi connectivity index (χ1n) is 6.64. The second-order valence-corrected chi connectivity index (χ2v) is 4.65. The number of nitrogens with one attached hydrogen (secondary N) is 2. The Balaban J connectivity index is 2.40. The number of rotatable bonds is 7. The van der Waals surface area contributed by atoms with E-state index in [1.54, 1.807) is 0 Å². The smallest absolute Gasteiger partial charge is 0.271 e. The van der Waals surface area contributed by atoms with E-state index < -0.39 is 0 Å². The van der Waals surface area contributed by atoms with Gasteiger partial charge in [-0.15, -0.1) is 0 Å². The molecule has 0 atom stereocenters. The summed E-state index contributed by atoms with van der Waals surface area (Å²) >= 11 is 0. The van der Waals surface area contributed by atoms with Crippen molar-refractivity contribution in [3.8, 4) is 0 Å². The molecule has 1 aromatic rings. The van der Waals surface area contributed by atoms with Crippen molar-refractivity contribution in [3.05, 3.63) is 17.5 Å². The average molecular weight is 252 g/mol. The molecule has 0 aliphatic rings. The van der Waals surface area contributed by atoms with Crippen molar-refractivity contribution in [1.82, 2.24) is 20.4 Å². The number of carbonyl (C=O) groups is 1. The van der Waals surface area contributed by atoms with Crippen molar-refractivity contribution in [2.75, 3.05) is 26.2 Å². The summed E-state index contributed by atoms with van der Waals surface area (Å²) in [7, 11) is 0. The minimum atomic E-state index is -0.106. The summed E-state index contributed by atoms with van der Waals surface area (Å²) in [6.45, 7) is 11.9. The molecule has 0 bridgehead atoms. The predicted octanol–water partition coefficient (Wildman–Crippen LogP) is 1.60. The maximum Gasteiger partial charge on any atom is 0.271 e. The highest BCUT2D eigenvalue weighted by atomic mass is 16.1. The Morgan fingerprint density at radius 1 is 1.44 bits per heavy atom. The van der Waals surface area contributed by atoms with Gasteiger partial charge in [0.25, 0.3) is 5.91 Å². The van der Waals surface area contributed by atoms with Crippen molar-refractivity contribution in [2.24, 2.45) is 0 Å². The molecule has 5 heteroatoms. The van der Waals surface area contributed by atoms with Crippen LogP contribution in [-0.4, -0.2) is 47.2 Å². The van der Waals surface area contributed by atoms with Crippen LogP contribution in [0.5, 0.6) is 0 Å². The largest absolute Gasteiger partial charge is 0.349 e. The van der Waals surface area contributed by atoms with E-state index in [9.17, 15) is 4.79 Å². The average Bonchev–Trinajstić information content (AvgIpc) is 2.84. The van der Waals surface area contributed by atoms with Crippen LogP contribution in [0.25, 0.3) is 0 Å². The Hall–Kier alpha value is -1.36. The van der Waals surface area contributed by atoms with Gasteiger partial charge < -0.3 is 10.2 Å². The van der Waals surface area contributed by atoms with E-state index in [4.69, 9.17) is 0 Å². The van der Waals surface area contributed by atoms with E-state index in [1.807, 2.05) is 6.07 Å². The molecule has 0 spiro atoms. The third kappa shape index (κ3) is 4.14. The van der Waals surface area contributed by atoms with Crippen LogP contribution in [0.1, 0.15) is 49.8 Å². The van der Waals surface area contributed by atoms with Gasteiger partial charge in [-0.25, -0.2) is 0 Å². The summed E-state index contributed by atoms with van der Waals surface area (Å²) in [5.41, 5.74) is 1.46. The van der Waals surface area contributed by atoms with Gasteiger partial charge in [0.05, 0.1) is 0 Å². The molecule has 0 aliphatic carbocycles. The summed E-state index contributed by atoms with van der Waals surface area (Å²) in [5, 5.41) is 9.80. The van der Waals surface area contributed by atoms with E-state index in [0.29, 0.717) is 18.2 Å². The molecular formula is C13H24N4O. The third-order valence-electron chi connectivity index (χ3n) is 3.06. The van der Waals surface area contributed by atoms with Crippen LogP contribution in [0.2, 0.25) is 0 Å². The summed E-state index contributed by atoms with van der Waals surface area (Å²) in [5.74, 6) is 0.250. The molecule has 1 amide bonds. The Morgan fingerprint density at radius 2 is 2.11 bits per heavy atom. The van der Waals surface area contributed by atoms with Crippen molar-refractivity contribution >= 4 is 5.91 Å². The molecule has 0 radical (unpaired) electrons. The molecular weight excluding hydrogens is 228 g/mol. The van der Waals surface area contributed by atoms with Gasteiger partial charge in [-0.1, -0.05) is 27.7 Å². The zero-order valence-corrected chi connectivity index (χ0v) is 11.8. The first-order valence-corrected chi connectivity index (χ1v) is 6.64. The Labute approximate surface area is 109 Å². The molecule has 1 heterocycles. The highest BCUT2D eigenvalue weighted by molar-refractivity contribution is 5.92. The molecule has 5 nitrogen and oxygen atoms in total. The number of hydrogen-bond acceptors (Lipinski definition) is 3. The summed E-state index contributed by atoms with van der Waals surface area (Å²) in [6.07, 6.45) is 0. The molecule has 0 fully saturated rings. The van der Waals surface area contributed by atoms with Gasteiger partial charge in [-0.05, 0) is 25.1 Å². The molecule has 0 saturated carbocycles. The highest BCUT2D eigenvalue weighted by Gasteiger charge is 2.11. The fourth-order valence-electron chi connectivity index (χ4n) is 1.71. The van der Waals surface area contributed by atoms with Crippen molar-refractivity contribution < 1.29 is 4.79 Å². The third-order valence-corrected chi connectivity index (χ3v) is 3.06. The zero-order valence-electron chi connectivity index (χ0n) is 11.8. The summed E-state index contributed by atoms with van der Waals surface area (Å²) in [4.78, 5) is 14.1. The topological polar surface area (TPSA) is 61.0 Å².